The highest BCUT2D eigenvalue weighted by molar-refractivity contribution is 5.51. The second kappa shape index (κ2) is 6.64. The second-order valence-corrected chi connectivity index (χ2v) is 4.23. The van der Waals surface area contributed by atoms with Gasteiger partial charge in [-0.15, -0.1) is 0 Å². The minimum atomic E-state index is 0.882. The Balaban J connectivity index is 1.94. The number of methoxy groups -OCH3 is 2. The normalized spacial score (nSPS) is 10.6. The number of hydrogen-bond donors (Lipinski definition) is 0. The van der Waals surface area contributed by atoms with Crippen molar-refractivity contribution < 1.29 is 9.47 Å². The highest BCUT2D eigenvalue weighted by Gasteiger charge is 1.93. The van der Waals surface area contributed by atoms with Crippen molar-refractivity contribution in [1.82, 2.24) is 0 Å². The quantitative estimate of drug-likeness (QED) is 0.804. The lowest BCUT2D eigenvalue weighted by atomic mass is 10.1. The Kier molecular flexibility index (Phi) is 4.62. The maximum absolute atomic E-state index is 5.13. The van der Waals surface area contributed by atoms with E-state index in [1.54, 1.807) is 14.2 Å². The van der Waals surface area contributed by atoms with Crippen LogP contribution in [-0.4, -0.2) is 14.2 Å². The third kappa shape index (κ3) is 3.88. The van der Waals surface area contributed by atoms with Gasteiger partial charge >= 0.3 is 0 Å². The van der Waals surface area contributed by atoms with Crippen LogP contribution in [0.1, 0.15) is 11.1 Å². The van der Waals surface area contributed by atoms with Gasteiger partial charge in [0, 0.05) is 0 Å². The van der Waals surface area contributed by atoms with E-state index in [2.05, 4.69) is 24.3 Å². The zero-order chi connectivity index (χ0) is 13.5. The lowest BCUT2D eigenvalue weighted by Gasteiger charge is -2.01. The number of ether oxygens (including phenoxy) is 2. The molecule has 0 spiro atoms. The molecule has 2 heteroatoms. The van der Waals surface area contributed by atoms with Gasteiger partial charge in [0.05, 0.1) is 14.2 Å². The Morgan fingerprint density at radius 3 is 1.84 bits per heavy atom. The lowest BCUT2D eigenvalue weighted by molar-refractivity contribution is 0.414. The number of hydrogen-bond acceptors (Lipinski definition) is 2. The van der Waals surface area contributed by atoms with Crippen LogP contribution in [0.25, 0.3) is 6.08 Å². The fraction of sp³-hybridized carbons (Fsp3) is 0.176. The van der Waals surface area contributed by atoms with Crippen molar-refractivity contribution >= 4 is 6.08 Å². The zero-order valence-electron chi connectivity index (χ0n) is 11.3. The van der Waals surface area contributed by atoms with Gasteiger partial charge in [-0.3, -0.25) is 0 Å². The molecule has 0 amide bonds. The van der Waals surface area contributed by atoms with Gasteiger partial charge < -0.3 is 9.47 Å². The molecule has 2 aromatic carbocycles. The monoisotopic (exact) mass is 254 g/mol. The first kappa shape index (κ1) is 13.2. The highest BCUT2D eigenvalue weighted by Crippen LogP contribution is 2.14. The third-order valence-electron chi connectivity index (χ3n) is 2.94. The Morgan fingerprint density at radius 1 is 0.789 bits per heavy atom. The van der Waals surface area contributed by atoms with Crippen molar-refractivity contribution in [2.75, 3.05) is 14.2 Å². The summed E-state index contributed by atoms with van der Waals surface area (Å²) in [7, 11) is 3.35. The van der Waals surface area contributed by atoms with Crippen LogP contribution in [0.2, 0.25) is 0 Å². The summed E-state index contributed by atoms with van der Waals surface area (Å²) in [5.41, 5.74) is 2.44. The van der Waals surface area contributed by atoms with Gasteiger partial charge in [-0.05, 0) is 41.8 Å². The SMILES string of the molecule is COc1ccc(/C=C/Cc2ccc(OC)cc2)cc1. The molecule has 0 aliphatic rings. The molecule has 0 unspecified atom stereocenters. The first-order valence-corrected chi connectivity index (χ1v) is 6.25. The predicted molar refractivity (Wildman–Crippen MR) is 78.7 cm³/mol. The molecule has 0 atom stereocenters. The van der Waals surface area contributed by atoms with Gasteiger partial charge in [0.1, 0.15) is 11.5 Å². The van der Waals surface area contributed by atoms with Crippen LogP contribution in [0.15, 0.2) is 54.6 Å². The summed E-state index contributed by atoms with van der Waals surface area (Å²) in [6, 6.07) is 16.1. The Bertz CT molecular complexity index is 524. The third-order valence-corrected chi connectivity index (χ3v) is 2.94. The molecule has 0 aliphatic heterocycles. The average molecular weight is 254 g/mol. The number of rotatable bonds is 5. The molecule has 0 aliphatic carbocycles. The van der Waals surface area contributed by atoms with E-state index < -0.39 is 0 Å². The first-order valence-electron chi connectivity index (χ1n) is 6.25. The van der Waals surface area contributed by atoms with Gasteiger partial charge in [-0.1, -0.05) is 36.4 Å². The topological polar surface area (TPSA) is 18.5 Å². The van der Waals surface area contributed by atoms with Gasteiger partial charge in [0.15, 0.2) is 0 Å². The first-order chi connectivity index (χ1) is 9.31. The van der Waals surface area contributed by atoms with E-state index in [0.29, 0.717) is 0 Å². The number of allylic oxidation sites excluding steroid dienone is 1. The summed E-state index contributed by atoms with van der Waals surface area (Å²) in [6.07, 6.45) is 5.18. The van der Waals surface area contributed by atoms with Crippen LogP contribution in [-0.2, 0) is 6.42 Å². The van der Waals surface area contributed by atoms with Gasteiger partial charge in [0.25, 0.3) is 0 Å². The molecule has 0 aromatic heterocycles. The fourth-order valence-electron chi connectivity index (χ4n) is 1.81. The molecule has 0 fully saturated rings. The van der Waals surface area contributed by atoms with E-state index in [9.17, 15) is 0 Å². The largest absolute Gasteiger partial charge is 0.497 e. The molecule has 0 saturated carbocycles. The molecule has 0 N–H and O–H groups in total. The van der Waals surface area contributed by atoms with Crippen LogP contribution in [0, 0.1) is 0 Å². The van der Waals surface area contributed by atoms with E-state index in [4.69, 9.17) is 9.47 Å². The molecule has 0 bridgehead atoms. The summed E-state index contributed by atoms with van der Waals surface area (Å²) in [4.78, 5) is 0. The van der Waals surface area contributed by atoms with Crippen molar-refractivity contribution in [3.63, 3.8) is 0 Å². The van der Waals surface area contributed by atoms with Gasteiger partial charge in [0.2, 0.25) is 0 Å². The van der Waals surface area contributed by atoms with Crippen molar-refractivity contribution in [3.8, 4) is 11.5 Å². The summed E-state index contributed by atoms with van der Waals surface area (Å²) < 4.78 is 10.3. The highest BCUT2D eigenvalue weighted by atomic mass is 16.5. The van der Waals surface area contributed by atoms with Crippen molar-refractivity contribution in [2.45, 2.75) is 6.42 Å². The predicted octanol–water partition coefficient (Wildman–Crippen LogP) is 3.96. The van der Waals surface area contributed by atoms with Gasteiger partial charge in [-0.2, -0.15) is 0 Å². The Labute approximate surface area is 114 Å². The molecule has 19 heavy (non-hydrogen) atoms. The maximum Gasteiger partial charge on any atom is 0.118 e. The molecular formula is C17H18O2. The van der Waals surface area contributed by atoms with Crippen LogP contribution in [0.5, 0.6) is 11.5 Å². The zero-order valence-corrected chi connectivity index (χ0v) is 11.3. The van der Waals surface area contributed by atoms with E-state index >= 15 is 0 Å². The molecule has 0 heterocycles. The van der Waals surface area contributed by atoms with Gasteiger partial charge in [-0.25, -0.2) is 0 Å². The Morgan fingerprint density at radius 2 is 1.32 bits per heavy atom. The average Bonchev–Trinajstić information content (AvgIpc) is 2.49. The van der Waals surface area contributed by atoms with Crippen molar-refractivity contribution in [1.29, 1.82) is 0 Å². The molecule has 0 saturated heterocycles. The summed E-state index contributed by atoms with van der Waals surface area (Å²) >= 11 is 0. The Hall–Kier alpha value is -2.22. The van der Waals surface area contributed by atoms with Crippen molar-refractivity contribution in [3.05, 3.63) is 65.7 Å². The summed E-state index contributed by atoms with van der Waals surface area (Å²) in [6.45, 7) is 0. The minimum Gasteiger partial charge on any atom is -0.497 e. The van der Waals surface area contributed by atoms with E-state index in [-0.39, 0.29) is 0 Å². The summed E-state index contributed by atoms with van der Waals surface area (Å²) in [5, 5.41) is 0. The molecule has 2 rings (SSSR count). The van der Waals surface area contributed by atoms with Crippen LogP contribution < -0.4 is 9.47 Å². The lowest BCUT2D eigenvalue weighted by Crippen LogP contribution is -1.84. The minimum absolute atomic E-state index is 0.882. The van der Waals surface area contributed by atoms with E-state index in [0.717, 1.165) is 17.9 Å². The molecule has 98 valence electrons. The van der Waals surface area contributed by atoms with Crippen LogP contribution in [0.3, 0.4) is 0 Å². The number of benzene rings is 2. The van der Waals surface area contributed by atoms with Crippen LogP contribution in [0.4, 0.5) is 0 Å². The van der Waals surface area contributed by atoms with E-state index in [1.807, 2.05) is 36.4 Å². The smallest absolute Gasteiger partial charge is 0.118 e. The molecule has 2 aromatic rings. The molecular weight excluding hydrogens is 236 g/mol. The molecule has 2 nitrogen and oxygen atoms in total. The van der Waals surface area contributed by atoms with Crippen molar-refractivity contribution in [2.24, 2.45) is 0 Å². The summed E-state index contributed by atoms with van der Waals surface area (Å²) in [5.74, 6) is 1.77. The van der Waals surface area contributed by atoms with E-state index in [1.165, 1.54) is 11.1 Å². The molecule has 0 radical (unpaired) electrons. The second-order valence-electron chi connectivity index (χ2n) is 4.23. The van der Waals surface area contributed by atoms with Crippen LogP contribution >= 0.6 is 0 Å². The maximum atomic E-state index is 5.13. The fourth-order valence-corrected chi connectivity index (χ4v) is 1.81. The standard InChI is InChI=1S/C17H18O2/c1-18-16-10-6-14(7-11-16)4-3-5-15-8-12-17(19-2)13-9-15/h3-4,6-13H,5H2,1-2H3/b4-3+.